The average Bonchev–Trinajstić information content (AvgIpc) is 3.61. The van der Waals surface area contributed by atoms with Gasteiger partial charge in [-0.25, -0.2) is 4.79 Å². The molecule has 6 rings (SSSR count). The first-order valence-electron chi connectivity index (χ1n) is 17.0. The lowest BCUT2D eigenvalue weighted by Crippen LogP contribution is -2.50. The van der Waals surface area contributed by atoms with Crippen LogP contribution in [0.4, 0.5) is 4.79 Å². The van der Waals surface area contributed by atoms with Gasteiger partial charge in [0, 0.05) is 24.0 Å². The molecule has 0 aromatic heterocycles. The number of unbranched alkanes of at least 4 members (excludes halogenated alkanes) is 1. The van der Waals surface area contributed by atoms with Crippen molar-refractivity contribution in [3.8, 4) is 0 Å². The summed E-state index contributed by atoms with van der Waals surface area (Å²) in [5, 5.41) is 20.0. The molecule has 4 aliphatic carbocycles. The molecule has 0 aromatic carbocycles. The number of allylic oxidation sites excluding steroid dienone is 1. The highest BCUT2D eigenvalue weighted by Gasteiger charge is 2.59. The van der Waals surface area contributed by atoms with E-state index in [9.17, 15) is 14.7 Å². The first-order valence-corrected chi connectivity index (χ1v) is 18.1. The molecule has 41 heavy (non-hydrogen) atoms. The van der Waals surface area contributed by atoms with Gasteiger partial charge >= 0.3 is 6.03 Å². The highest BCUT2D eigenvalue weighted by molar-refractivity contribution is 8.00. The summed E-state index contributed by atoms with van der Waals surface area (Å²) >= 11 is 1.95. The molecule has 6 nitrogen and oxygen atoms in total. The second kappa shape index (κ2) is 12.1. The Morgan fingerprint density at radius 1 is 1.12 bits per heavy atom. The third kappa shape index (κ3) is 5.72. The van der Waals surface area contributed by atoms with Crippen molar-refractivity contribution >= 4 is 23.7 Å². The molecule has 0 aromatic rings. The zero-order chi connectivity index (χ0) is 28.8. The highest BCUT2D eigenvalue weighted by atomic mass is 32.2. The van der Waals surface area contributed by atoms with Crippen LogP contribution in [0.1, 0.15) is 111 Å². The Kier molecular flexibility index (Phi) is 8.77. The molecule has 0 unspecified atom stereocenters. The molecular weight excluding hydrogens is 530 g/mol. The van der Waals surface area contributed by atoms with Gasteiger partial charge in [-0.05, 0) is 117 Å². The molecule has 0 bridgehead atoms. The summed E-state index contributed by atoms with van der Waals surface area (Å²) < 4.78 is 0. The van der Waals surface area contributed by atoms with Crippen molar-refractivity contribution in [1.82, 2.24) is 16.0 Å². The molecule has 7 heteroatoms. The molecule has 2 heterocycles. The first-order chi connectivity index (χ1) is 19.7. The third-order valence-corrected chi connectivity index (χ3v) is 14.6. The van der Waals surface area contributed by atoms with Gasteiger partial charge < -0.3 is 21.1 Å². The molecule has 4 N–H and O–H groups in total. The summed E-state index contributed by atoms with van der Waals surface area (Å²) in [6, 6.07) is 0.520. The number of hydrogen-bond donors (Lipinski definition) is 4. The summed E-state index contributed by atoms with van der Waals surface area (Å²) in [4.78, 5) is 24.0. The van der Waals surface area contributed by atoms with Crippen molar-refractivity contribution in [2.75, 3.05) is 12.3 Å². The number of thioether (sulfide) groups is 1. The zero-order valence-electron chi connectivity index (χ0n) is 25.8. The van der Waals surface area contributed by atoms with Crippen LogP contribution in [-0.2, 0) is 4.79 Å². The van der Waals surface area contributed by atoms with E-state index in [1.54, 1.807) is 5.57 Å². The molecule has 0 radical (unpaired) electrons. The Bertz CT molecular complexity index is 1020. The van der Waals surface area contributed by atoms with Crippen LogP contribution in [-0.4, -0.2) is 52.8 Å². The van der Waals surface area contributed by atoms with Gasteiger partial charge in [0.1, 0.15) is 0 Å². The topological polar surface area (TPSA) is 90.5 Å². The van der Waals surface area contributed by atoms with Crippen LogP contribution in [0.25, 0.3) is 0 Å². The maximum Gasteiger partial charge on any atom is 0.315 e. The molecule has 2 saturated heterocycles. The molecule has 2 aliphatic heterocycles. The van der Waals surface area contributed by atoms with E-state index in [2.05, 4.69) is 42.8 Å². The Hall–Kier alpha value is -1.21. The highest BCUT2D eigenvalue weighted by Crippen LogP contribution is 2.67. The number of rotatable bonds is 10. The predicted octanol–water partition coefficient (Wildman–Crippen LogP) is 6.18. The van der Waals surface area contributed by atoms with Crippen molar-refractivity contribution in [2.45, 2.75) is 134 Å². The fraction of sp³-hybridized carbons (Fsp3) is 0.882. The number of carbonyl (C=O) groups is 2. The van der Waals surface area contributed by atoms with Crippen molar-refractivity contribution in [1.29, 1.82) is 0 Å². The van der Waals surface area contributed by atoms with Crippen LogP contribution in [0.3, 0.4) is 0 Å². The van der Waals surface area contributed by atoms with Crippen LogP contribution >= 0.6 is 11.8 Å². The fourth-order valence-corrected chi connectivity index (χ4v) is 12.4. The molecule has 3 saturated carbocycles. The fourth-order valence-electron chi connectivity index (χ4n) is 10.8. The van der Waals surface area contributed by atoms with Crippen molar-refractivity contribution in [3.63, 3.8) is 0 Å². The van der Waals surface area contributed by atoms with Gasteiger partial charge in [-0.2, -0.15) is 11.8 Å². The first kappa shape index (κ1) is 29.8. The monoisotopic (exact) mass is 585 g/mol. The average molecular weight is 586 g/mol. The van der Waals surface area contributed by atoms with E-state index >= 15 is 0 Å². The van der Waals surface area contributed by atoms with Crippen LogP contribution in [0.15, 0.2) is 11.6 Å². The van der Waals surface area contributed by atoms with Crippen molar-refractivity contribution < 1.29 is 14.7 Å². The van der Waals surface area contributed by atoms with Crippen LogP contribution in [0.5, 0.6) is 0 Å². The summed E-state index contributed by atoms with van der Waals surface area (Å²) in [7, 11) is 0. The normalized spacial score (nSPS) is 43.6. The largest absolute Gasteiger partial charge is 0.393 e. The van der Waals surface area contributed by atoms with Gasteiger partial charge in [0.05, 0.1) is 18.2 Å². The molecule has 11 atom stereocenters. The van der Waals surface area contributed by atoms with Gasteiger partial charge in [-0.3, -0.25) is 4.79 Å². The lowest BCUT2D eigenvalue weighted by atomic mass is 9.47. The summed E-state index contributed by atoms with van der Waals surface area (Å²) in [5.74, 6) is 5.21. The number of aliphatic hydroxyl groups is 1. The summed E-state index contributed by atoms with van der Waals surface area (Å²) in [6.07, 6.45) is 18.2. The number of aliphatic hydroxyl groups excluding tert-OH is 1. The van der Waals surface area contributed by atoms with Crippen LogP contribution < -0.4 is 16.0 Å². The minimum Gasteiger partial charge on any atom is -0.393 e. The Labute approximate surface area is 252 Å². The van der Waals surface area contributed by atoms with E-state index in [4.69, 9.17) is 0 Å². The quantitative estimate of drug-likeness (QED) is 0.140. The van der Waals surface area contributed by atoms with Gasteiger partial charge in [0.2, 0.25) is 5.91 Å². The van der Waals surface area contributed by atoms with E-state index in [1.807, 2.05) is 11.8 Å². The van der Waals surface area contributed by atoms with Crippen LogP contribution in [0.2, 0.25) is 0 Å². The van der Waals surface area contributed by atoms with E-state index in [0.717, 1.165) is 74.5 Å². The van der Waals surface area contributed by atoms with Gasteiger partial charge in [0.25, 0.3) is 0 Å². The molecule has 5 fully saturated rings. The van der Waals surface area contributed by atoms with Crippen LogP contribution in [0, 0.1) is 40.4 Å². The number of hydrogen-bond acceptors (Lipinski definition) is 4. The number of carbonyl (C=O) groups excluding carboxylic acids is 2. The maximum atomic E-state index is 12.5. The predicted molar refractivity (Wildman–Crippen MR) is 167 cm³/mol. The van der Waals surface area contributed by atoms with E-state index < -0.39 is 0 Å². The second-order valence-electron chi connectivity index (χ2n) is 15.2. The van der Waals surface area contributed by atoms with E-state index in [-0.39, 0.29) is 30.1 Å². The molecule has 6 aliphatic rings. The van der Waals surface area contributed by atoms with Gasteiger partial charge in [-0.1, -0.05) is 38.8 Å². The number of amides is 3. The molecular formula is C34H55N3O3S. The smallest absolute Gasteiger partial charge is 0.315 e. The molecule has 3 amide bonds. The lowest BCUT2D eigenvalue weighted by Gasteiger charge is -2.58. The number of urea groups is 1. The second-order valence-corrected chi connectivity index (χ2v) is 16.5. The Morgan fingerprint density at radius 2 is 1.98 bits per heavy atom. The van der Waals surface area contributed by atoms with Gasteiger partial charge in [-0.15, -0.1) is 0 Å². The van der Waals surface area contributed by atoms with Crippen molar-refractivity contribution in [3.05, 3.63) is 11.6 Å². The van der Waals surface area contributed by atoms with E-state index in [0.29, 0.717) is 28.4 Å². The van der Waals surface area contributed by atoms with Gasteiger partial charge in [0.15, 0.2) is 0 Å². The number of nitrogens with one attached hydrogen (secondary N) is 3. The summed E-state index contributed by atoms with van der Waals surface area (Å²) in [6.45, 7) is 8.46. The minimum atomic E-state index is -0.119. The standard InChI is InChI=1S/C34H55N3O3S/c1-21(7-6-18-35-30(39)9-5-4-8-29-31-28(20-41-29)36-32(40)37-31)25-12-13-26-24-11-10-22-19-23(38)14-16-33(22,2)27(24)15-17-34(25,26)3/h10,21,23-29,31,38H,4-9,11-20H2,1-3H3,(H,35,39)(H2,36,37,40)/t21-,23+,24+,25-,26+,27+,28+,29+,31+,33+,34-/m1/s1. The summed E-state index contributed by atoms with van der Waals surface area (Å²) in [5.41, 5.74) is 2.37. The number of fused-ring (bicyclic) bond motifs is 6. The Balaban J connectivity index is 0.908. The van der Waals surface area contributed by atoms with E-state index in [1.165, 1.54) is 44.9 Å². The Morgan fingerprint density at radius 3 is 2.83 bits per heavy atom. The SMILES string of the molecule is C[C@H](CCCNC(=O)CCCC[C@@H]1SC[C@@H]2NC(=O)N[C@@H]21)[C@H]1CC[C@H]2[C@@H]3CC=C4C[C@@H](O)CC[C@]4(C)[C@H]3CC[C@]12C. The maximum absolute atomic E-state index is 12.5. The third-order valence-electron chi connectivity index (χ3n) is 13.1. The molecule has 230 valence electrons. The lowest BCUT2D eigenvalue weighted by molar-refractivity contribution is -0.121. The molecule has 0 spiro atoms. The zero-order valence-corrected chi connectivity index (χ0v) is 26.6. The minimum absolute atomic E-state index is 0.0238. The van der Waals surface area contributed by atoms with Crippen molar-refractivity contribution in [2.24, 2.45) is 40.4 Å².